The van der Waals surface area contributed by atoms with Crippen LogP contribution >= 0.6 is 0 Å². The molecule has 3 saturated heterocycles. The third kappa shape index (κ3) is 3.92. The first-order valence-electron chi connectivity index (χ1n) is 8.15. The zero-order valence-electron chi connectivity index (χ0n) is 13.4. The maximum absolute atomic E-state index is 12.6. The van der Waals surface area contributed by atoms with Crippen LogP contribution in [0, 0.1) is 5.92 Å². The molecule has 128 valence electrons. The molecule has 3 aliphatic heterocycles. The van der Waals surface area contributed by atoms with Gasteiger partial charge in [-0.2, -0.15) is 9.40 Å². The number of fused-ring (bicyclic) bond motifs is 4. The number of aromatic nitrogens is 2. The molecule has 0 radical (unpaired) electrons. The van der Waals surface area contributed by atoms with Crippen molar-refractivity contribution < 1.29 is 13.2 Å². The van der Waals surface area contributed by atoms with E-state index < -0.39 is 10.0 Å². The number of amides is 1. The van der Waals surface area contributed by atoms with E-state index in [1.165, 1.54) is 6.26 Å². The number of aromatic amines is 1. The summed E-state index contributed by atoms with van der Waals surface area (Å²) in [5, 5.41) is 6.67. The van der Waals surface area contributed by atoms with Crippen molar-refractivity contribution in [3.05, 3.63) is 18.0 Å². The number of rotatable bonds is 5. The van der Waals surface area contributed by atoms with Crippen molar-refractivity contribution in [2.75, 3.05) is 25.9 Å². The van der Waals surface area contributed by atoms with E-state index in [2.05, 4.69) is 10.2 Å². The number of carbonyl (C=O) groups excluding carboxylic acids is 1. The van der Waals surface area contributed by atoms with Crippen LogP contribution in [0.4, 0.5) is 0 Å². The molecule has 0 saturated carbocycles. The predicted octanol–water partition coefficient (Wildman–Crippen LogP) is 0.615. The van der Waals surface area contributed by atoms with Crippen LogP contribution in [0.15, 0.2) is 12.4 Å². The number of H-pyrrole nitrogens is 1. The van der Waals surface area contributed by atoms with Gasteiger partial charge in [0.1, 0.15) is 0 Å². The highest BCUT2D eigenvalue weighted by atomic mass is 32.2. The van der Waals surface area contributed by atoms with Gasteiger partial charge in [-0.25, -0.2) is 8.42 Å². The molecular weight excluding hydrogens is 316 g/mol. The van der Waals surface area contributed by atoms with Crippen molar-refractivity contribution in [1.29, 1.82) is 0 Å². The zero-order valence-corrected chi connectivity index (χ0v) is 14.3. The summed E-state index contributed by atoms with van der Waals surface area (Å²) in [6.45, 7) is 1.69. The van der Waals surface area contributed by atoms with Crippen LogP contribution in [0.3, 0.4) is 0 Å². The van der Waals surface area contributed by atoms with Gasteiger partial charge in [0.25, 0.3) is 0 Å². The molecule has 0 unspecified atom stereocenters. The van der Waals surface area contributed by atoms with E-state index in [0.717, 1.165) is 31.2 Å². The molecule has 8 heteroatoms. The summed E-state index contributed by atoms with van der Waals surface area (Å²) in [6.07, 6.45) is 8.94. The Labute approximate surface area is 137 Å². The minimum Gasteiger partial charge on any atom is -0.338 e. The van der Waals surface area contributed by atoms with Gasteiger partial charge in [-0.1, -0.05) is 0 Å². The lowest BCUT2D eigenvalue weighted by Crippen LogP contribution is -2.47. The molecule has 2 bridgehead atoms. The SMILES string of the molecule is CS(=O)(=O)N1C[C@@H]2CC[C@H](C1)N(C(=O)CCCc1cn[nH]c1)C2. The minimum absolute atomic E-state index is 0.0323. The largest absolute Gasteiger partial charge is 0.338 e. The van der Waals surface area contributed by atoms with Crippen LogP contribution in [0.1, 0.15) is 31.2 Å². The van der Waals surface area contributed by atoms with Crippen molar-refractivity contribution in [2.45, 2.75) is 38.1 Å². The van der Waals surface area contributed by atoms with Crippen LogP contribution in [-0.2, 0) is 21.2 Å². The zero-order chi connectivity index (χ0) is 16.4. The fraction of sp³-hybridized carbons (Fsp3) is 0.733. The van der Waals surface area contributed by atoms with Crippen molar-refractivity contribution in [3.63, 3.8) is 0 Å². The third-order valence-electron chi connectivity index (χ3n) is 4.88. The molecule has 1 aromatic heterocycles. The standard InChI is InChI=1S/C15H24N4O3S/c1-23(21,22)18-9-13-5-6-14(11-18)19(10-13)15(20)4-2-3-12-7-16-17-8-12/h7-8,13-14H,2-6,9-11H2,1H3,(H,16,17)/t13-,14+/m0/s1. The number of hydrogen-bond acceptors (Lipinski definition) is 4. The fourth-order valence-corrected chi connectivity index (χ4v) is 4.54. The van der Waals surface area contributed by atoms with Crippen LogP contribution in [0.5, 0.6) is 0 Å². The molecule has 23 heavy (non-hydrogen) atoms. The Bertz CT molecular complexity index is 644. The first kappa shape index (κ1) is 16.4. The predicted molar refractivity (Wildman–Crippen MR) is 86.2 cm³/mol. The number of aryl methyl sites for hydroxylation is 1. The highest BCUT2D eigenvalue weighted by molar-refractivity contribution is 7.88. The maximum Gasteiger partial charge on any atom is 0.222 e. The summed E-state index contributed by atoms with van der Waals surface area (Å²) in [5.74, 6) is 0.417. The molecule has 4 heterocycles. The van der Waals surface area contributed by atoms with E-state index in [9.17, 15) is 13.2 Å². The van der Waals surface area contributed by atoms with Gasteiger partial charge in [-0.3, -0.25) is 9.89 Å². The van der Waals surface area contributed by atoms with Gasteiger partial charge in [-0.15, -0.1) is 0 Å². The molecule has 0 aromatic carbocycles. The highest BCUT2D eigenvalue weighted by Crippen LogP contribution is 2.29. The second-order valence-electron chi connectivity index (χ2n) is 6.68. The van der Waals surface area contributed by atoms with Crippen LogP contribution in [0.2, 0.25) is 0 Å². The van der Waals surface area contributed by atoms with Crippen molar-refractivity contribution >= 4 is 15.9 Å². The Morgan fingerprint density at radius 2 is 2.17 bits per heavy atom. The van der Waals surface area contributed by atoms with E-state index in [1.807, 2.05) is 11.1 Å². The van der Waals surface area contributed by atoms with Crippen LogP contribution in [-0.4, -0.2) is 65.7 Å². The molecular formula is C15H24N4O3S. The summed E-state index contributed by atoms with van der Waals surface area (Å²) >= 11 is 0. The van der Waals surface area contributed by atoms with Gasteiger partial charge in [0.2, 0.25) is 15.9 Å². The second-order valence-corrected chi connectivity index (χ2v) is 8.67. The molecule has 1 N–H and O–H groups in total. The summed E-state index contributed by atoms with van der Waals surface area (Å²) in [6, 6.07) is 0.0323. The average molecular weight is 340 g/mol. The Kier molecular flexibility index (Phi) is 4.72. The molecule has 3 fully saturated rings. The van der Waals surface area contributed by atoms with E-state index >= 15 is 0 Å². The van der Waals surface area contributed by atoms with E-state index in [-0.39, 0.29) is 17.9 Å². The van der Waals surface area contributed by atoms with Crippen LogP contribution < -0.4 is 0 Å². The minimum atomic E-state index is -3.19. The molecule has 3 aliphatic rings. The number of hydrogen-bond donors (Lipinski definition) is 1. The van der Waals surface area contributed by atoms with Gasteiger partial charge < -0.3 is 4.90 Å². The summed E-state index contributed by atoms with van der Waals surface area (Å²) in [4.78, 5) is 14.5. The van der Waals surface area contributed by atoms with E-state index in [1.54, 1.807) is 10.5 Å². The maximum atomic E-state index is 12.6. The van der Waals surface area contributed by atoms with Gasteiger partial charge >= 0.3 is 0 Å². The number of piperidine rings is 1. The smallest absolute Gasteiger partial charge is 0.222 e. The van der Waals surface area contributed by atoms with Gasteiger partial charge in [0.05, 0.1) is 12.5 Å². The van der Waals surface area contributed by atoms with Gasteiger partial charge in [0.15, 0.2) is 0 Å². The Morgan fingerprint density at radius 1 is 1.35 bits per heavy atom. The molecule has 2 atom stereocenters. The first-order chi connectivity index (χ1) is 10.9. The van der Waals surface area contributed by atoms with Gasteiger partial charge in [0, 0.05) is 38.3 Å². The fourth-order valence-electron chi connectivity index (χ4n) is 3.62. The summed E-state index contributed by atoms with van der Waals surface area (Å²) < 4.78 is 25.3. The molecule has 0 aliphatic carbocycles. The lowest BCUT2D eigenvalue weighted by molar-refractivity contribution is -0.135. The number of nitrogens with one attached hydrogen (secondary N) is 1. The molecule has 0 spiro atoms. The highest BCUT2D eigenvalue weighted by Gasteiger charge is 2.39. The molecule has 7 nitrogen and oxygen atoms in total. The van der Waals surface area contributed by atoms with Crippen molar-refractivity contribution in [1.82, 2.24) is 19.4 Å². The molecule has 1 aromatic rings. The normalized spacial score (nSPS) is 25.5. The van der Waals surface area contributed by atoms with E-state index in [4.69, 9.17) is 0 Å². The van der Waals surface area contributed by atoms with E-state index in [0.29, 0.717) is 26.1 Å². The number of nitrogens with zero attached hydrogens (tertiary/aromatic N) is 3. The third-order valence-corrected chi connectivity index (χ3v) is 6.12. The molecule has 4 rings (SSSR count). The van der Waals surface area contributed by atoms with Crippen molar-refractivity contribution in [2.24, 2.45) is 5.92 Å². The lowest BCUT2D eigenvalue weighted by atomic mass is 9.94. The average Bonchev–Trinajstić information content (AvgIpc) is 2.82. The first-order valence-corrected chi connectivity index (χ1v) is 10.0. The second kappa shape index (κ2) is 6.60. The quantitative estimate of drug-likeness (QED) is 0.851. The van der Waals surface area contributed by atoms with Gasteiger partial charge in [-0.05, 0) is 37.2 Å². The lowest BCUT2D eigenvalue weighted by Gasteiger charge is -2.36. The Morgan fingerprint density at radius 3 is 2.87 bits per heavy atom. The Balaban J connectivity index is 1.58. The summed E-state index contributed by atoms with van der Waals surface area (Å²) in [7, 11) is -3.19. The molecule has 1 amide bonds. The van der Waals surface area contributed by atoms with Crippen LogP contribution in [0.25, 0.3) is 0 Å². The number of sulfonamides is 1. The Hall–Kier alpha value is -1.41. The number of carbonyl (C=O) groups is 1. The summed E-state index contributed by atoms with van der Waals surface area (Å²) in [5.41, 5.74) is 1.11. The van der Waals surface area contributed by atoms with Crippen molar-refractivity contribution in [3.8, 4) is 0 Å². The topological polar surface area (TPSA) is 86.4 Å². The monoisotopic (exact) mass is 340 g/mol.